The van der Waals surface area contributed by atoms with Crippen molar-refractivity contribution >= 4 is 33.1 Å². The van der Waals surface area contributed by atoms with Crippen LogP contribution in [0.3, 0.4) is 0 Å². The average Bonchev–Trinajstić information content (AvgIpc) is 3.31. The highest BCUT2D eigenvalue weighted by Crippen LogP contribution is 2.22. The van der Waals surface area contributed by atoms with Gasteiger partial charge in [-0.3, -0.25) is 14.6 Å². The second kappa shape index (κ2) is 9.45. The predicted octanol–water partition coefficient (Wildman–Crippen LogP) is 1.72. The summed E-state index contributed by atoms with van der Waals surface area (Å²) in [6.07, 6.45) is 2.76. The Morgan fingerprint density at radius 3 is 2.83 bits per heavy atom. The number of carbonyl (C=O) groups excluding carboxylic acids is 2. The van der Waals surface area contributed by atoms with Gasteiger partial charge in [0.25, 0.3) is 5.91 Å². The molecule has 0 radical (unpaired) electrons. The van der Waals surface area contributed by atoms with Crippen LogP contribution >= 0.6 is 11.3 Å². The topological polar surface area (TPSA) is 107 Å². The third-order valence-corrected chi connectivity index (χ3v) is 7.22. The van der Waals surface area contributed by atoms with Gasteiger partial charge in [0.15, 0.2) is 16.4 Å². The smallest absolute Gasteiger partial charge is 0.312 e. The second-order valence-electron chi connectivity index (χ2n) is 6.84. The molecule has 10 heteroatoms. The standard InChI is InChI=1S/C19H23N3O5S2/c1-2-8-22(15-6-9-29(25,26)13-15)17(23)11-27-18(24)10-14-12-28-19(21-14)16-5-3-4-7-20-16/h3-5,7,12,15H,2,6,8-11,13H2,1H3/t15-/m1/s1. The minimum atomic E-state index is -3.10. The lowest BCUT2D eigenvalue weighted by Crippen LogP contribution is -2.43. The van der Waals surface area contributed by atoms with Crippen molar-refractivity contribution in [3.8, 4) is 10.7 Å². The molecule has 0 saturated carbocycles. The summed E-state index contributed by atoms with van der Waals surface area (Å²) in [5.41, 5.74) is 1.29. The highest BCUT2D eigenvalue weighted by Gasteiger charge is 2.34. The maximum absolute atomic E-state index is 12.5. The van der Waals surface area contributed by atoms with Crippen LogP contribution in [0.5, 0.6) is 0 Å². The van der Waals surface area contributed by atoms with Gasteiger partial charge in [0.2, 0.25) is 0 Å². The molecule has 1 fully saturated rings. The predicted molar refractivity (Wildman–Crippen MR) is 109 cm³/mol. The minimum Gasteiger partial charge on any atom is -0.455 e. The molecule has 0 bridgehead atoms. The van der Waals surface area contributed by atoms with E-state index in [1.54, 1.807) is 11.6 Å². The largest absolute Gasteiger partial charge is 0.455 e. The zero-order chi connectivity index (χ0) is 20.9. The number of sulfone groups is 1. The summed E-state index contributed by atoms with van der Waals surface area (Å²) in [6.45, 7) is 1.96. The zero-order valence-electron chi connectivity index (χ0n) is 16.1. The van der Waals surface area contributed by atoms with Gasteiger partial charge in [0.05, 0.1) is 29.3 Å². The summed E-state index contributed by atoms with van der Waals surface area (Å²) in [5, 5.41) is 2.47. The van der Waals surface area contributed by atoms with Crippen molar-refractivity contribution in [1.82, 2.24) is 14.9 Å². The van der Waals surface area contributed by atoms with Crippen LogP contribution in [0, 0.1) is 0 Å². The summed E-state index contributed by atoms with van der Waals surface area (Å²) in [5.74, 6) is -0.851. The van der Waals surface area contributed by atoms with Gasteiger partial charge >= 0.3 is 5.97 Å². The van der Waals surface area contributed by atoms with Crippen LogP contribution in [0.4, 0.5) is 0 Å². The van der Waals surface area contributed by atoms with E-state index in [4.69, 9.17) is 4.74 Å². The number of thiazole rings is 1. The van der Waals surface area contributed by atoms with E-state index in [1.165, 1.54) is 16.2 Å². The Balaban J connectivity index is 1.53. The van der Waals surface area contributed by atoms with Crippen molar-refractivity contribution in [3.63, 3.8) is 0 Å². The molecule has 1 amide bonds. The fraction of sp³-hybridized carbons (Fsp3) is 0.474. The third-order valence-electron chi connectivity index (χ3n) is 4.55. The molecular weight excluding hydrogens is 414 g/mol. The molecule has 0 spiro atoms. The van der Waals surface area contributed by atoms with Gasteiger partial charge in [-0.25, -0.2) is 13.4 Å². The normalized spacial score (nSPS) is 17.8. The molecular formula is C19H23N3O5S2. The number of ether oxygens (including phenoxy) is 1. The summed E-state index contributed by atoms with van der Waals surface area (Å²) in [7, 11) is -3.10. The minimum absolute atomic E-state index is 0.0260. The van der Waals surface area contributed by atoms with Gasteiger partial charge in [-0.1, -0.05) is 13.0 Å². The fourth-order valence-electron chi connectivity index (χ4n) is 3.19. The Morgan fingerprint density at radius 1 is 1.34 bits per heavy atom. The lowest BCUT2D eigenvalue weighted by Gasteiger charge is -2.27. The second-order valence-corrected chi connectivity index (χ2v) is 9.93. The molecule has 1 aliphatic rings. The van der Waals surface area contributed by atoms with Gasteiger partial charge in [-0.05, 0) is 25.0 Å². The average molecular weight is 438 g/mol. The molecule has 0 aromatic carbocycles. The Labute approximate surface area is 173 Å². The van der Waals surface area contributed by atoms with Crippen molar-refractivity contribution in [2.24, 2.45) is 0 Å². The van der Waals surface area contributed by atoms with E-state index in [0.29, 0.717) is 30.1 Å². The number of carbonyl (C=O) groups is 2. The van der Waals surface area contributed by atoms with Crippen molar-refractivity contribution in [2.75, 3.05) is 24.7 Å². The number of hydrogen-bond acceptors (Lipinski definition) is 8. The van der Waals surface area contributed by atoms with Crippen molar-refractivity contribution in [3.05, 3.63) is 35.5 Å². The highest BCUT2D eigenvalue weighted by molar-refractivity contribution is 7.91. The molecule has 0 unspecified atom stereocenters. The van der Waals surface area contributed by atoms with Crippen LogP contribution < -0.4 is 0 Å². The number of rotatable bonds is 8. The maximum Gasteiger partial charge on any atom is 0.312 e. The van der Waals surface area contributed by atoms with Gasteiger partial charge < -0.3 is 9.64 Å². The Kier molecular flexibility index (Phi) is 6.96. The van der Waals surface area contributed by atoms with E-state index in [2.05, 4.69) is 9.97 Å². The molecule has 3 heterocycles. The molecule has 29 heavy (non-hydrogen) atoms. The number of pyridine rings is 1. The summed E-state index contributed by atoms with van der Waals surface area (Å²) < 4.78 is 28.6. The number of nitrogens with zero attached hydrogens (tertiary/aromatic N) is 3. The van der Waals surface area contributed by atoms with Crippen LogP contribution in [-0.4, -0.2) is 65.9 Å². The number of hydrogen-bond donors (Lipinski definition) is 0. The van der Waals surface area contributed by atoms with Crippen molar-refractivity contribution in [2.45, 2.75) is 32.2 Å². The fourth-order valence-corrected chi connectivity index (χ4v) is 5.72. The molecule has 8 nitrogen and oxygen atoms in total. The van der Waals surface area contributed by atoms with Crippen LogP contribution in [0.15, 0.2) is 29.8 Å². The molecule has 1 aliphatic heterocycles. The first kappa shape index (κ1) is 21.4. The molecule has 0 N–H and O–H groups in total. The molecule has 0 aliphatic carbocycles. The Hall–Kier alpha value is -2.33. The quantitative estimate of drug-likeness (QED) is 0.579. The van der Waals surface area contributed by atoms with Crippen molar-refractivity contribution < 1.29 is 22.7 Å². The monoisotopic (exact) mass is 437 g/mol. The van der Waals surface area contributed by atoms with Crippen LogP contribution in [0.25, 0.3) is 10.7 Å². The molecule has 3 rings (SSSR count). The first-order chi connectivity index (χ1) is 13.9. The summed E-state index contributed by atoms with van der Waals surface area (Å²) in [6, 6.07) is 5.17. The lowest BCUT2D eigenvalue weighted by atomic mass is 10.2. The maximum atomic E-state index is 12.5. The molecule has 1 saturated heterocycles. The van der Waals surface area contributed by atoms with Crippen LogP contribution in [-0.2, 0) is 30.6 Å². The lowest BCUT2D eigenvalue weighted by molar-refractivity contribution is -0.152. The van der Waals surface area contributed by atoms with E-state index in [-0.39, 0.29) is 29.9 Å². The Morgan fingerprint density at radius 2 is 2.17 bits per heavy atom. The number of aromatic nitrogens is 2. The molecule has 1 atom stereocenters. The summed E-state index contributed by atoms with van der Waals surface area (Å²) in [4.78, 5) is 34.8. The first-order valence-electron chi connectivity index (χ1n) is 9.39. The van der Waals surface area contributed by atoms with Gasteiger partial charge in [-0.2, -0.15) is 0 Å². The van der Waals surface area contributed by atoms with E-state index in [0.717, 1.165) is 5.69 Å². The highest BCUT2D eigenvalue weighted by atomic mass is 32.2. The van der Waals surface area contributed by atoms with E-state index < -0.39 is 22.4 Å². The third kappa shape index (κ3) is 5.83. The SMILES string of the molecule is CCCN(C(=O)COC(=O)Cc1csc(-c2ccccn2)n1)[C@@H]1CCS(=O)(=O)C1. The van der Waals surface area contributed by atoms with Gasteiger partial charge in [0.1, 0.15) is 5.01 Å². The summed E-state index contributed by atoms with van der Waals surface area (Å²) >= 11 is 1.38. The van der Waals surface area contributed by atoms with Crippen LogP contribution in [0.2, 0.25) is 0 Å². The van der Waals surface area contributed by atoms with Gasteiger partial charge in [0, 0.05) is 24.2 Å². The molecule has 2 aromatic rings. The number of esters is 1. The van der Waals surface area contributed by atoms with Gasteiger partial charge in [-0.15, -0.1) is 11.3 Å². The molecule has 2 aromatic heterocycles. The van der Waals surface area contributed by atoms with E-state index in [9.17, 15) is 18.0 Å². The first-order valence-corrected chi connectivity index (χ1v) is 12.1. The molecule has 156 valence electrons. The van der Waals surface area contributed by atoms with E-state index in [1.807, 2.05) is 25.1 Å². The Bertz CT molecular complexity index is 959. The number of amides is 1. The van der Waals surface area contributed by atoms with E-state index >= 15 is 0 Å². The zero-order valence-corrected chi connectivity index (χ0v) is 17.7. The van der Waals surface area contributed by atoms with Crippen LogP contribution in [0.1, 0.15) is 25.5 Å². The van der Waals surface area contributed by atoms with Crippen molar-refractivity contribution in [1.29, 1.82) is 0 Å².